The summed E-state index contributed by atoms with van der Waals surface area (Å²) < 4.78 is 1.63. The van der Waals surface area contributed by atoms with Crippen molar-refractivity contribution in [2.24, 2.45) is 7.05 Å². The first-order valence-electron chi connectivity index (χ1n) is 7.17. The first kappa shape index (κ1) is 14.8. The van der Waals surface area contributed by atoms with Crippen LogP contribution in [0.25, 0.3) is 0 Å². The number of halogens is 1. The average molecular weight is 321 g/mol. The molecule has 3 heterocycles. The summed E-state index contributed by atoms with van der Waals surface area (Å²) >= 11 is 6.35. The Morgan fingerprint density at radius 1 is 1.45 bits per heavy atom. The highest BCUT2D eigenvalue weighted by Crippen LogP contribution is 2.38. The lowest BCUT2D eigenvalue weighted by Crippen LogP contribution is -2.31. The van der Waals surface area contributed by atoms with Crippen LogP contribution in [0.2, 0.25) is 5.15 Å². The lowest BCUT2D eigenvalue weighted by atomic mass is 10.1. The van der Waals surface area contributed by atoms with Gasteiger partial charge in [-0.25, -0.2) is 0 Å². The van der Waals surface area contributed by atoms with E-state index in [4.69, 9.17) is 11.6 Å². The van der Waals surface area contributed by atoms with E-state index in [0.717, 1.165) is 24.1 Å². The van der Waals surface area contributed by atoms with E-state index in [1.807, 2.05) is 11.8 Å². The number of hydrogen-bond acceptors (Lipinski definition) is 3. The molecule has 7 heteroatoms. The van der Waals surface area contributed by atoms with Gasteiger partial charge in [0.2, 0.25) is 5.56 Å². The molecule has 1 amide bonds. The van der Waals surface area contributed by atoms with Gasteiger partial charge >= 0.3 is 0 Å². The fourth-order valence-corrected chi connectivity index (χ4v) is 3.34. The second-order valence-corrected chi connectivity index (χ2v) is 5.87. The van der Waals surface area contributed by atoms with Gasteiger partial charge < -0.3 is 9.88 Å². The molecule has 2 aromatic rings. The molecule has 0 radical (unpaired) electrons. The summed E-state index contributed by atoms with van der Waals surface area (Å²) in [7, 11) is 1.79. The van der Waals surface area contributed by atoms with Crippen LogP contribution < -0.4 is 5.56 Å². The molecule has 0 aliphatic carbocycles. The van der Waals surface area contributed by atoms with Crippen LogP contribution >= 0.6 is 11.6 Å². The van der Waals surface area contributed by atoms with Crippen molar-refractivity contribution in [1.29, 1.82) is 0 Å². The number of aromatic nitrogens is 3. The molecular formula is C15H17ClN4O2. The van der Waals surface area contributed by atoms with Crippen molar-refractivity contribution in [3.8, 4) is 0 Å². The van der Waals surface area contributed by atoms with Crippen LogP contribution in [0.1, 0.15) is 40.5 Å². The molecule has 1 saturated heterocycles. The second kappa shape index (κ2) is 5.61. The largest absolute Gasteiger partial charge is 0.331 e. The first-order chi connectivity index (χ1) is 10.5. The number of H-pyrrole nitrogens is 1. The molecule has 1 atom stereocenters. The van der Waals surface area contributed by atoms with Gasteiger partial charge in [0.25, 0.3) is 5.91 Å². The van der Waals surface area contributed by atoms with Crippen molar-refractivity contribution < 1.29 is 4.79 Å². The van der Waals surface area contributed by atoms with Gasteiger partial charge in [0.15, 0.2) is 0 Å². The van der Waals surface area contributed by atoms with Gasteiger partial charge in [0.1, 0.15) is 5.15 Å². The van der Waals surface area contributed by atoms with E-state index in [-0.39, 0.29) is 17.5 Å². The van der Waals surface area contributed by atoms with Crippen LogP contribution in [0.3, 0.4) is 0 Å². The normalized spacial score (nSPS) is 18.0. The SMILES string of the molecule is Cc1nn(C)c(Cl)c1[C@H]1CCCN1C(=O)c1ccc(=O)[nH]c1. The van der Waals surface area contributed by atoms with E-state index < -0.39 is 0 Å². The molecule has 0 aromatic carbocycles. The topological polar surface area (TPSA) is 71.0 Å². The van der Waals surface area contributed by atoms with Crippen LogP contribution in [0.4, 0.5) is 0 Å². The Hall–Kier alpha value is -2.08. The number of nitrogens with zero attached hydrogens (tertiary/aromatic N) is 3. The standard InChI is InChI=1S/C15H17ClN4O2/c1-9-13(14(16)19(2)18-9)11-4-3-7-20(11)15(22)10-5-6-12(21)17-8-10/h5-6,8,11H,3-4,7H2,1-2H3,(H,17,21)/t11-/m1/s1. The lowest BCUT2D eigenvalue weighted by molar-refractivity contribution is 0.0735. The van der Waals surface area contributed by atoms with Gasteiger partial charge in [0, 0.05) is 31.4 Å². The first-order valence-corrected chi connectivity index (χ1v) is 7.55. The zero-order chi connectivity index (χ0) is 15.9. The Morgan fingerprint density at radius 3 is 2.82 bits per heavy atom. The molecular weight excluding hydrogens is 304 g/mol. The minimum Gasteiger partial charge on any atom is -0.331 e. The van der Waals surface area contributed by atoms with Crippen LogP contribution in [0.5, 0.6) is 0 Å². The van der Waals surface area contributed by atoms with E-state index in [2.05, 4.69) is 10.1 Å². The number of aromatic amines is 1. The third-order valence-electron chi connectivity index (χ3n) is 4.07. The minimum atomic E-state index is -0.222. The number of carbonyl (C=O) groups is 1. The fraction of sp³-hybridized carbons (Fsp3) is 0.400. The molecule has 116 valence electrons. The monoisotopic (exact) mass is 320 g/mol. The number of hydrogen-bond donors (Lipinski definition) is 1. The van der Waals surface area contributed by atoms with Crippen molar-refractivity contribution in [3.05, 3.63) is 50.7 Å². The van der Waals surface area contributed by atoms with Gasteiger partial charge in [0.05, 0.1) is 17.3 Å². The average Bonchev–Trinajstić information content (AvgIpc) is 3.04. The molecule has 0 bridgehead atoms. The van der Waals surface area contributed by atoms with E-state index in [1.165, 1.54) is 12.3 Å². The smallest absolute Gasteiger partial charge is 0.255 e. The molecule has 22 heavy (non-hydrogen) atoms. The number of aryl methyl sites for hydroxylation is 2. The summed E-state index contributed by atoms with van der Waals surface area (Å²) in [5.41, 5.74) is 2.02. The number of likely N-dealkylation sites (tertiary alicyclic amines) is 1. The Morgan fingerprint density at radius 2 is 2.23 bits per heavy atom. The van der Waals surface area contributed by atoms with E-state index >= 15 is 0 Å². The Labute approximate surface area is 132 Å². The van der Waals surface area contributed by atoms with Crippen LogP contribution in [-0.4, -0.2) is 32.1 Å². The maximum absolute atomic E-state index is 12.7. The van der Waals surface area contributed by atoms with Gasteiger partial charge in [-0.15, -0.1) is 0 Å². The highest BCUT2D eigenvalue weighted by Gasteiger charge is 2.34. The molecule has 0 saturated carbocycles. The molecule has 1 aliphatic rings. The molecule has 2 aromatic heterocycles. The van der Waals surface area contributed by atoms with Crippen molar-refractivity contribution >= 4 is 17.5 Å². The van der Waals surface area contributed by atoms with Crippen LogP contribution in [0, 0.1) is 6.92 Å². The fourth-order valence-electron chi connectivity index (χ4n) is 3.04. The quantitative estimate of drug-likeness (QED) is 0.920. The minimum absolute atomic E-state index is 0.0689. The van der Waals surface area contributed by atoms with Crippen molar-refractivity contribution in [2.75, 3.05) is 6.54 Å². The molecule has 3 rings (SSSR count). The summed E-state index contributed by atoms with van der Waals surface area (Å²) in [6.07, 6.45) is 3.24. The molecule has 6 nitrogen and oxygen atoms in total. The summed E-state index contributed by atoms with van der Waals surface area (Å²) in [5.74, 6) is -0.0990. The van der Waals surface area contributed by atoms with E-state index in [9.17, 15) is 9.59 Å². The molecule has 0 spiro atoms. The lowest BCUT2D eigenvalue weighted by Gasteiger charge is -2.25. The number of rotatable bonds is 2. The highest BCUT2D eigenvalue weighted by molar-refractivity contribution is 6.30. The summed E-state index contributed by atoms with van der Waals surface area (Å²) in [5, 5.41) is 4.91. The Bertz CT molecular complexity index is 760. The predicted molar refractivity (Wildman–Crippen MR) is 83.0 cm³/mol. The zero-order valence-corrected chi connectivity index (χ0v) is 13.2. The highest BCUT2D eigenvalue weighted by atomic mass is 35.5. The molecule has 1 fully saturated rings. The van der Waals surface area contributed by atoms with Crippen LogP contribution in [-0.2, 0) is 7.05 Å². The third kappa shape index (κ3) is 2.43. The second-order valence-electron chi connectivity index (χ2n) is 5.51. The van der Waals surface area contributed by atoms with E-state index in [1.54, 1.807) is 17.8 Å². The van der Waals surface area contributed by atoms with Crippen molar-refractivity contribution in [2.45, 2.75) is 25.8 Å². The zero-order valence-electron chi connectivity index (χ0n) is 12.5. The summed E-state index contributed by atoms with van der Waals surface area (Å²) in [6.45, 7) is 2.58. The Balaban J connectivity index is 1.94. The van der Waals surface area contributed by atoms with Gasteiger partial charge in [-0.05, 0) is 25.8 Å². The molecule has 1 aliphatic heterocycles. The maximum atomic E-state index is 12.7. The van der Waals surface area contributed by atoms with Crippen molar-refractivity contribution in [1.82, 2.24) is 19.7 Å². The predicted octanol–water partition coefficient (Wildman–Crippen LogP) is 2.05. The van der Waals surface area contributed by atoms with Crippen molar-refractivity contribution in [3.63, 3.8) is 0 Å². The number of amides is 1. The third-order valence-corrected chi connectivity index (χ3v) is 4.52. The number of nitrogens with one attached hydrogen (secondary N) is 1. The number of pyridine rings is 1. The Kier molecular flexibility index (Phi) is 3.78. The van der Waals surface area contributed by atoms with Gasteiger partial charge in [-0.3, -0.25) is 14.3 Å². The number of carbonyl (C=O) groups excluding carboxylic acids is 1. The summed E-state index contributed by atoms with van der Waals surface area (Å²) in [6, 6.07) is 2.84. The van der Waals surface area contributed by atoms with Crippen LogP contribution in [0.15, 0.2) is 23.1 Å². The van der Waals surface area contributed by atoms with E-state index in [0.29, 0.717) is 17.3 Å². The molecule has 1 N–H and O–H groups in total. The van der Waals surface area contributed by atoms with Gasteiger partial charge in [-0.1, -0.05) is 11.6 Å². The maximum Gasteiger partial charge on any atom is 0.255 e. The summed E-state index contributed by atoms with van der Waals surface area (Å²) in [4.78, 5) is 28.2. The van der Waals surface area contributed by atoms with Gasteiger partial charge in [-0.2, -0.15) is 5.10 Å². The molecule has 0 unspecified atom stereocenters.